The van der Waals surface area contributed by atoms with Crippen LogP contribution in [0.1, 0.15) is 12.6 Å². The highest BCUT2D eigenvalue weighted by molar-refractivity contribution is 5.91. The van der Waals surface area contributed by atoms with Gasteiger partial charge in [0.25, 0.3) is 5.56 Å². The molecule has 4 aromatic rings. The normalized spacial score (nSPS) is 11.2. The average molecular weight is 345 g/mol. The smallest absolute Gasteiger partial charge is 0.264 e. The van der Waals surface area contributed by atoms with Gasteiger partial charge in [-0.15, -0.1) is 0 Å². The molecule has 4 rings (SSSR count). The number of rotatable bonds is 3. The molecule has 1 N–H and O–H groups in total. The molecule has 0 aliphatic rings. The molecule has 0 saturated carbocycles. The molecule has 130 valence electrons. The van der Waals surface area contributed by atoms with Crippen LogP contribution < -0.4 is 5.56 Å². The molecule has 0 saturated heterocycles. The zero-order chi connectivity index (χ0) is 18.3. The fourth-order valence-electron chi connectivity index (χ4n) is 3.30. The van der Waals surface area contributed by atoms with E-state index in [1.807, 2.05) is 72.3 Å². The van der Waals surface area contributed by atoms with Crippen molar-refractivity contribution in [3.05, 3.63) is 76.7 Å². The van der Waals surface area contributed by atoms with Crippen LogP contribution in [0.3, 0.4) is 0 Å². The second kappa shape index (κ2) is 6.19. The second-order valence-electron chi connectivity index (χ2n) is 6.23. The highest BCUT2D eigenvalue weighted by atomic mass is 16.3. The Morgan fingerprint density at radius 2 is 1.73 bits per heavy atom. The van der Waals surface area contributed by atoms with Crippen molar-refractivity contribution >= 4 is 10.9 Å². The standard InChI is InChI=1S/C21H19N3O2/c1-3-14-13-17(22-24(14)15-9-5-4-6-10-15)19-20(25)16-11-7-8-12-18(16)23(2)21(19)26/h4-13,25H,3H2,1-2H3. The molecule has 2 heterocycles. The first-order valence-electron chi connectivity index (χ1n) is 8.57. The fourth-order valence-corrected chi connectivity index (χ4v) is 3.30. The van der Waals surface area contributed by atoms with Crippen molar-refractivity contribution in [2.75, 3.05) is 0 Å². The lowest BCUT2D eigenvalue weighted by Crippen LogP contribution is -2.19. The Hall–Kier alpha value is -3.34. The van der Waals surface area contributed by atoms with E-state index in [1.165, 1.54) is 0 Å². The van der Waals surface area contributed by atoms with Crippen LogP contribution in [0.25, 0.3) is 27.8 Å². The summed E-state index contributed by atoms with van der Waals surface area (Å²) in [7, 11) is 1.71. The minimum absolute atomic E-state index is 0.0240. The molecule has 5 heteroatoms. The van der Waals surface area contributed by atoms with Gasteiger partial charge in [0.05, 0.1) is 11.2 Å². The lowest BCUT2D eigenvalue weighted by molar-refractivity contribution is 0.481. The molecule has 0 radical (unpaired) electrons. The van der Waals surface area contributed by atoms with Gasteiger partial charge in [0.15, 0.2) is 0 Å². The van der Waals surface area contributed by atoms with E-state index in [0.717, 1.165) is 17.8 Å². The summed E-state index contributed by atoms with van der Waals surface area (Å²) >= 11 is 0. The van der Waals surface area contributed by atoms with E-state index >= 15 is 0 Å². The van der Waals surface area contributed by atoms with Crippen molar-refractivity contribution in [1.29, 1.82) is 0 Å². The summed E-state index contributed by atoms with van der Waals surface area (Å²) in [6.45, 7) is 2.04. The molecule has 5 nitrogen and oxygen atoms in total. The predicted octanol–water partition coefficient (Wildman–Crippen LogP) is 3.66. The summed E-state index contributed by atoms with van der Waals surface area (Å²) in [5, 5.41) is 16.1. The molecule has 2 aromatic heterocycles. The molecular weight excluding hydrogens is 326 g/mol. The van der Waals surface area contributed by atoms with Gasteiger partial charge < -0.3 is 9.67 Å². The molecule has 0 atom stereocenters. The van der Waals surface area contributed by atoms with Crippen molar-refractivity contribution in [2.45, 2.75) is 13.3 Å². The van der Waals surface area contributed by atoms with Crippen LogP contribution >= 0.6 is 0 Å². The molecule has 0 spiro atoms. The van der Waals surface area contributed by atoms with Gasteiger partial charge in [0.2, 0.25) is 0 Å². The monoisotopic (exact) mass is 345 g/mol. The van der Waals surface area contributed by atoms with Gasteiger partial charge >= 0.3 is 0 Å². The number of pyridine rings is 1. The molecule has 0 aliphatic carbocycles. The Balaban J connectivity index is 2.00. The highest BCUT2D eigenvalue weighted by Gasteiger charge is 2.20. The van der Waals surface area contributed by atoms with Gasteiger partial charge in [-0.05, 0) is 36.8 Å². The van der Waals surface area contributed by atoms with Crippen LogP contribution in [-0.2, 0) is 13.5 Å². The molecule has 0 amide bonds. The summed E-state index contributed by atoms with van der Waals surface area (Å²) in [5.41, 5.74) is 3.04. The SMILES string of the molecule is CCc1cc(-c2c(O)c3ccccc3n(C)c2=O)nn1-c1ccccc1. The Labute approximate surface area is 150 Å². The summed E-state index contributed by atoms with van der Waals surface area (Å²) in [5.74, 6) is -0.0240. The minimum Gasteiger partial charge on any atom is -0.506 e. The molecule has 2 aromatic carbocycles. The topological polar surface area (TPSA) is 60.1 Å². The van der Waals surface area contributed by atoms with Gasteiger partial charge in [-0.3, -0.25) is 4.79 Å². The fraction of sp³-hybridized carbons (Fsp3) is 0.143. The number of nitrogens with zero attached hydrogens (tertiary/aromatic N) is 3. The average Bonchev–Trinajstić information content (AvgIpc) is 3.11. The predicted molar refractivity (Wildman–Crippen MR) is 103 cm³/mol. The number of aryl methyl sites for hydroxylation is 2. The van der Waals surface area contributed by atoms with E-state index in [1.54, 1.807) is 11.6 Å². The van der Waals surface area contributed by atoms with E-state index < -0.39 is 0 Å². The lowest BCUT2D eigenvalue weighted by atomic mass is 10.1. The van der Waals surface area contributed by atoms with E-state index in [0.29, 0.717) is 16.6 Å². The van der Waals surface area contributed by atoms with E-state index in [9.17, 15) is 9.90 Å². The van der Waals surface area contributed by atoms with Crippen LogP contribution in [0, 0.1) is 0 Å². The van der Waals surface area contributed by atoms with E-state index in [4.69, 9.17) is 0 Å². The Morgan fingerprint density at radius 1 is 1.04 bits per heavy atom. The van der Waals surface area contributed by atoms with Crippen LogP contribution in [0.15, 0.2) is 65.5 Å². The zero-order valence-corrected chi connectivity index (χ0v) is 14.7. The first-order valence-corrected chi connectivity index (χ1v) is 8.57. The minimum atomic E-state index is -0.262. The number of hydrogen-bond acceptors (Lipinski definition) is 3. The number of benzene rings is 2. The Bertz CT molecular complexity index is 1160. The number of hydrogen-bond donors (Lipinski definition) is 1. The maximum atomic E-state index is 12.9. The van der Waals surface area contributed by atoms with Crippen molar-refractivity contribution in [1.82, 2.24) is 14.3 Å². The van der Waals surface area contributed by atoms with Crippen LogP contribution in [0.4, 0.5) is 0 Å². The molecule has 26 heavy (non-hydrogen) atoms. The summed E-state index contributed by atoms with van der Waals surface area (Å²) in [6.07, 6.45) is 0.760. The molecule has 0 aliphatic heterocycles. The maximum Gasteiger partial charge on any atom is 0.264 e. The third-order valence-electron chi connectivity index (χ3n) is 4.68. The van der Waals surface area contributed by atoms with Crippen molar-refractivity contribution in [3.63, 3.8) is 0 Å². The summed E-state index contributed by atoms with van der Waals surface area (Å²) < 4.78 is 3.38. The van der Waals surface area contributed by atoms with Crippen LogP contribution in [0.5, 0.6) is 5.75 Å². The summed E-state index contributed by atoms with van der Waals surface area (Å²) in [6, 6.07) is 19.0. The largest absolute Gasteiger partial charge is 0.506 e. The maximum absolute atomic E-state index is 12.9. The van der Waals surface area contributed by atoms with Gasteiger partial charge in [0, 0.05) is 18.1 Å². The van der Waals surface area contributed by atoms with Crippen molar-refractivity contribution < 1.29 is 5.11 Å². The highest BCUT2D eigenvalue weighted by Crippen LogP contribution is 2.32. The summed E-state index contributed by atoms with van der Waals surface area (Å²) in [4.78, 5) is 12.9. The first-order chi connectivity index (χ1) is 12.6. The Morgan fingerprint density at radius 3 is 2.46 bits per heavy atom. The van der Waals surface area contributed by atoms with Gasteiger partial charge in [-0.1, -0.05) is 37.3 Å². The quantitative estimate of drug-likeness (QED) is 0.616. The van der Waals surface area contributed by atoms with Gasteiger partial charge in [-0.2, -0.15) is 5.10 Å². The van der Waals surface area contributed by atoms with Crippen molar-refractivity contribution in [2.24, 2.45) is 7.05 Å². The Kier molecular flexibility index (Phi) is 3.84. The second-order valence-corrected chi connectivity index (χ2v) is 6.23. The third kappa shape index (κ3) is 2.40. The van der Waals surface area contributed by atoms with Crippen LogP contribution in [-0.4, -0.2) is 19.5 Å². The van der Waals surface area contributed by atoms with Crippen LogP contribution in [0.2, 0.25) is 0 Å². The number of aromatic hydroxyl groups is 1. The number of fused-ring (bicyclic) bond motifs is 1. The zero-order valence-electron chi connectivity index (χ0n) is 14.7. The van der Waals surface area contributed by atoms with Gasteiger partial charge in [-0.25, -0.2) is 4.68 Å². The molecular formula is C21H19N3O2. The van der Waals surface area contributed by atoms with Gasteiger partial charge in [0.1, 0.15) is 17.0 Å². The first kappa shape index (κ1) is 16.1. The molecule has 0 bridgehead atoms. The third-order valence-corrected chi connectivity index (χ3v) is 4.68. The number of aromatic nitrogens is 3. The van der Waals surface area contributed by atoms with E-state index in [-0.39, 0.29) is 16.9 Å². The molecule has 0 fully saturated rings. The van der Waals surface area contributed by atoms with E-state index in [2.05, 4.69) is 5.10 Å². The van der Waals surface area contributed by atoms with Crippen molar-refractivity contribution in [3.8, 4) is 22.7 Å². The number of para-hydroxylation sites is 2. The lowest BCUT2D eigenvalue weighted by Gasteiger charge is -2.10. The molecule has 0 unspecified atom stereocenters.